The summed E-state index contributed by atoms with van der Waals surface area (Å²) in [6.07, 6.45) is 0. The van der Waals surface area contributed by atoms with Gasteiger partial charge in [0.05, 0.1) is 17.9 Å². The van der Waals surface area contributed by atoms with Crippen molar-refractivity contribution in [2.24, 2.45) is 0 Å². The van der Waals surface area contributed by atoms with Gasteiger partial charge in [-0.05, 0) is 35.7 Å². The fraction of sp³-hybridized carbons (Fsp3) is 0.417. The molecular formula is C24H28FN3O3S. The summed E-state index contributed by atoms with van der Waals surface area (Å²) in [7, 11) is 0. The molecule has 0 atom stereocenters. The molecule has 1 fully saturated rings. The summed E-state index contributed by atoms with van der Waals surface area (Å²) in [5, 5.41) is 0.488. The van der Waals surface area contributed by atoms with Gasteiger partial charge in [-0.1, -0.05) is 43.4 Å². The molecule has 8 heteroatoms. The van der Waals surface area contributed by atoms with Crippen molar-refractivity contribution in [3.8, 4) is 5.75 Å². The molecule has 4 rings (SSSR count). The number of ether oxygens (including phenoxy) is 2. The van der Waals surface area contributed by atoms with Crippen molar-refractivity contribution in [2.45, 2.75) is 19.8 Å². The topological polar surface area (TPSA) is 54.9 Å². The van der Waals surface area contributed by atoms with Gasteiger partial charge < -0.3 is 9.47 Å². The van der Waals surface area contributed by atoms with Crippen molar-refractivity contribution in [3.63, 3.8) is 0 Å². The van der Waals surface area contributed by atoms with E-state index in [1.54, 1.807) is 11.0 Å². The molecule has 0 spiro atoms. The summed E-state index contributed by atoms with van der Waals surface area (Å²) in [6.45, 7) is 8.34. The quantitative estimate of drug-likeness (QED) is 0.505. The summed E-state index contributed by atoms with van der Waals surface area (Å²) < 4.78 is 26.1. The summed E-state index contributed by atoms with van der Waals surface area (Å²) in [5.41, 5.74) is 1.51. The highest BCUT2D eigenvalue weighted by atomic mass is 32.1. The Balaban J connectivity index is 1.49. The van der Waals surface area contributed by atoms with Crippen LogP contribution in [0.5, 0.6) is 5.75 Å². The molecule has 0 saturated carbocycles. The second-order valence-electron chi connectivity index (χ2n) is 8.09. The lowest BCUT2D eigenvalue weighted by Gasteiger charge is -2.29. The number of rotatable bonds is 8. The van der Waals surface area contributed by atoms with Gasteiger partial charge in [0.15, 0.2) is 11.7 Å². The third-order valence-corrected chi connectivity index (χ3v) is 6.59. The standard InChI is InChI=1S/C24H28FN3O3S/c1-17(2)18-6-8-19(9-7-18)31-16-22(29)28(11-10-27-12-14-30-15-13-27)24-26-23-20(25)4-3-5-21(23)32-24/h3-9,17H,10-16H2,1-2H3. The number of thiazole rings is 1. The molecule has 1 aliphatic rings. The van der Waals surface area contributed by atoms with Crippen LogP contribution in [-0.2, 0) is 9.53 Å². The monoisotopic (exact) mass is 457 g/mol. The van der Waals surface area contributed by atoms with E-state index in [0.717, 1.165) is 17.8 Å². The number of halogens is 1. The number of amides is 1. The minimum Gasteiger partial charge on any atom is -0.484 e. The van der Waals surface area contributed by atoms with E-state index in [4.69, 9.17) is 9.47 Å². The van der Waals surface area contributed by atoms with Gasteiger partial charge in [0.25, 0.3) is 5.91 Å². The lowest BCUT2D eigenvalue weighted by Crippen LogP contribution is -2.44. The molecule has 2 aromatic carbocycles. The van der Waals surface area contributed by atoms with Gasteiger partial charge in [0.2, 0.25) is 0 Å². The van der Waals surface area contributed by atoms with Crippen LogP contribution in [0, 0.1) is 5.82 Å². The molecule has 6 nitrogen and oxygen atoms in total. The molecule has 1 aromatic heterocycles. The first-order chi connectivity index (χ1) is 15.5. The average molecular weight is 458 g/mol. The molecule has 1 amide bonds. The second kappa shape index (κ2) is 10.4. The van der Waals surface area contributed by atoms with Crippen molar-refractivity contribution < 1.29 is 18.7 Å². The third kappa shape index (κ3) is 5.43. The van der Waals surface area contributed by atoms with Crippen molar-refractivity contribution in [1.82, 2.24) is 9.88 Å². The van der Waals surface area contributed by atoms with E-state index < -0.39 is 0 Å². The fourth-order valence-electron chi connectivity index (χ4n) is 3.58. The largest absolute Gasteiger partial charge is 0.484 e. The Morgan fingerprint density at radius 3 is 2.66 bits per heavy atom. The van der Waals surface area contributed by atoms with Crippen molar-refractivity contribution in [1.29, 1.82) is 0 Å². The van der Waals surface area contributed by atoms with E-state index in [-0.39, 0.29) is 18.3 Å². The van der Waals surface area contributed by atoms with Gasteiger partial charge in [0.1, 0.15) is 17.1 Å². The minimum atomic E-state index is -0.382. The normalized spacial score (nSPS) is 14.8. The van der Waals surface area contributed by atoms with E-state index in [1.807, 2.05) is 30.3 Å². The highest BCUT2D eigenvalue weighted by molar-refractivity contribution is 7.22. The lowest BCUT2D eigenvalue weighted by molar-refractivity contribution is -0.120. The average Bonchev–Trinajstić information content (AvgIpc) is 3.24. The predicted octanol–water partition coefficient (Wildman–Crippen LogP) is 4.30. The molecule has 0 N–H and O–H groups in total. The highest BCUT2D eigenvalue weighted by Gasteiger charge is 2.23. The van der Waals surface area contributed by atoms with Crippen molar-refractivity contribution >= 4 is 32.6 Å². The van der Waals surface area contributed by atoms with Gasteiger partial charge in [0, 0.05) is 26.2 Å². The number of nitrogens with zero attached hydrogens (tertiary/aromatic N) is 3. The first kappa shape index (κ1) is 22.6. The van der Waals surface area contributed by atoms with Crippen LogP contribution in [-0.4, -0.2) is 61.8 Å². The number of morpholine rings is 1. The lowest BCUT2D eigenvalue weighted by atomic mass is 10.0. The zero-order chi connectivity index (χ0) is 22.5. The molecule has 0 unspecified atom stereocenters. The molecule has 3 aromatic rings. The molecule has 1 aliphatic heterocycles. The first-order valence-corrected chi connectivity index (χ1v) is 11.7. The van der Waals surface area contributed by atoms with Crippen molar-refractivity contribution in [3.05, 3.63) is 53.8 Å². The highest BCUT2D eigenvalue weighted by Crippen LogP contribution is 2.30. The Labute approximate surface area is 191 Å². The van der Waals surface area contributed by atoms with E-state index in [2.05, 4.69) is 23.7 Å². The Hall–Kier alpha value is -2.55. The van der Waals surface area contributed by atoms with Crippen molar-refractivity contribution in [2.75, 3.05) is 50.9 Å². The number of carbonyl (C=O) groups excluding carboxylic acids is 1. The van der Waals surface area contributed by atoms with Gasteiger partial charge in [-0.15, -0.1) is 0 Å². The number of aromatic nitrogens is 1. The molecule has 170 valence electrons. The maximum atomic E-state index is 14.2. The Bertz CT molecular complexity index is 1050. The van der Waals surface area contributed by atoms with Crippen LogP contribution < -0.4 is 9.64 Å². The molecule has 0 bridgehead atoms. The Kier molecular flexibility index (Phi) is 7.34. The van der Waals surface area contributed by atoms with Crippen LogP contribution in [0.3, 0.4) is 0 Å². The zero-order valence-electron chi connectivity index (χ0n) is 18.4. The number of benzene rings is 2. The summed E-state index contributed by atoms with van der Waals surface area (Å²) in [6, 6.07) is 12.6. The molecule has 2 heterocycles. The predicted molar refractivity (Wildman–Crippen MR) is 125 cm³/mol. The summed E-state index contributed by atoms with van der Waals surface area (Å²) >= 11 is 1.32. The maximum absolute atomic E-state index is 14.2. The zero-order valence-corrected chi connectivity index (χ0v) is 19.2. The second-order valence-corrected chi connectivity index (χ2v) is 9.10. The number of hydrogen-bond acceptors (Lipinski definition) is 6. The molecule has 32 heavy (non-hydrogen) atoms. The molecule has 0 radical (unpaired) electrons. The molecular weight excluding hydrogens is 429 g/mol. The summed E-state index contributed by atoms with van der Waals surface area (Å²) in [5.74, 6) is 0.491. The third-order valence-electron chi connectivity index (χ3n) is 5.54. The van der Waals surface area contributed by atoms with Gasteiger partial charge in [-0.2, -0.15) is 0 Å². The Morgan fingerprint density at radius 1 is 1.22 bits per heavy atom. The van der Waals surface area contributed by atoms with Crippen LogP contribution in [0.4, 0.5) is 9.52 Å². The van der Waals surface area contributed by atoms with Crippen LogP contribution in [0.2, 0.25) is 0 Å². The number of carbonyl (C=O) groups is 1. The minimum absolute atomic E-state index is 0.109. The van der Waals surface area contributed by atoms with Crippen LogP contribution in [0.1, 0.15) is 25.3 Å². The van der Waals surface area contributed by atoms with E-state index in [9.17, 15) is 9.18 Å². The Morgan fingerprint density at radius 2 is 1.97 bits per heavy atom. The van der Waals surface area contributed by atoms with E-state index >= 15 is 0 Å². The SMILES string of the molecule is CC(C)c1ccc(OCC(=O)N(CCN2CCOCC2)c2nc3c(F)cccc3s2)cc1. The maximum Gasteiger partial charge on any atom is 0.266 e. The smallest absolute Gasteiger partial charge is 0.266 e. The van der Waals surface area contributed by atoms with Gasteiger partial charge >= 0.3 is 0 Å². The van der Waals surface area contributed by atoms with Gasteiger partial charge in [-0.25, -0.2) is 9.37 Å². The number of para-hydroxylation sites is 1. The van der Waals surface area contributed by atoms with Gasteiger partial charge in [-0.3, -0.25) is 14.6 Å². The van der Waals surface area contributed by atoms with E-state index in [1.165, 1.54) is 23.0 Å². The fourth-order valence-corrected chi connectivity index (χ4v) is 4.61. The van der Waals surface area contributed by atoms with Crippen LogP contribution in [0.25, 0.3) is 10.2 Å². The molecule has 0 aliphatic carbocycles. The number of anilines is 1. The number of fused-ring (bicyclic) bond motifs is 1. The number of hydrogen-bond donors (Lipinski definition) is 0. The molecule has 1 saturated heterocycles. The summed E-state index contributed by atoms with van der Waals surface area (Å²) in [4.78, 5) is 21.5. The van der Waals surface area contributed by atoms with E-state index in [0.29, 0.717) is 48.6 Å². The first-order valence-electron chi connectivity index (χ1n) is 10.9. The van der Waals surface area contributed by atoms with Crippen LogP contribution in [0.15, 0.2) is 42.5 Å². The van der Waals surface area contributed by atoms with Crippen LogP contribution >= 0.6 is 11.3 Å².